The molecule has 3 nitrogen and oxygen atoms in total. The van der Waals surface area contributed by atoms with Gasteiger partial charge in [-0.1, -0.05) is 13.3 Å². The molecule has 0 aliphatic heterocycles. The Bertz CT molecular complexity index is 93.6. The van der Waals surface area contributed by atoms with Crippen molar-refractivity contribution in [1.29, 1.82) is 0 Å². The molecule has 0 spiro atoms. The smallest absolute Gasteiger partial charge is 0.222 e. The molecule has 1 N–H and O–H groups in total. The lowest BCUT2D eigenvalue weighted by Gasteiger charge is -2.00. The van der Waals surface area contributed by atoms with Gasteiger partial charge in [0.05, 0.1) is 13.0 Å². The van der Waals surface area contributed by atoms with Gasteiger partial charge in [-0.25, -0.2) is 5.11 Å². The van der Waals surface area contributed by atoms with E-state index in [-0.39, 0.29) is 18.9 Å². The van der Waals surface area contributed by atoms with Crippen LogP contribution in [0, 0.1) is 0 Å². The standard InChI is InChI=1S/C7H14NO2/c1-2-3-5-8-7(10)4-6-9/h2-6H2,1H3,(H,8,10). The average Bonchev–Trinajstić information content (AvgIpc) is 1.89. The number of carbonyl (C=O) groups excluding carboxylic acids is 1. The molecule has 0 rings (SSSR count). The van der Waals surface area contributed by atoms with E-state index in [1.807, 2.05) is 0 Å². The Morgan fingerprint density at radius 3 is 2.70 bits per heavy atom. The zero-order valence-corrected chi connectivity index (χ0v) is 6.35. The highest BCUT2D eigenvalue weighted by atomic mass is 16.3. The summed E-state index contributed by atoms with van der Waals surface area (Å²) < 4.78 is 0. The van der Waals surface area contributed by atoms with E-state index in [2.05, 4.69) is 12.2 Å². The molecule has 1 radical (unpaired) electrons. The van der Waals surface area contributed by atoms with Crippen LogP contribution in [-0.2, 0) is 9.90 Å². The zero-order valence-electron chi connectivity index (χ0n) is 6.35. The Balaban J connectivity index is 3.05. The Hall–Kier alpha value is -0.570. The molecule has 0 aromatic carbocycles. The molecular formula is C7H14NO2. The van der Waals surface area contributed by atoms with Gasteiger partial charge in [0.25, 0.3) is 0 Å². The third kappa shape index (κ3) is 5.56. The van der Waals surface area contributed by atoms with Crippen LogP contribution in [0.25, 0.3) is 0 Å². The highest BCUT2D eigenvalue weighted by Crippen LogP contribution is 1.83. The van der Waals surface area contributed by atoms with Crippen LogP contribution in [0.5, 0.6) is 0 Å². The minimum absolute atomic E-state index is 0.115. The van der Waals surface area contributed by atoms with Crippen molar-refractivity contribution in [1.82, 2.24) is 5.32 Å². The zero-order chi connectivity index (χ0) is 7.82. The summed E-state index contributed by atoms with van der Waals surface area (Å²) in [5.74, 6) is -0.122. The molecule has 0 aromatic rings. The first-order valence-electron chi connectivity index (χ1n) is 3.66. The fourth-order valence-corrected chi connectivity index (χ4v) is 0.586. The molecule has 0 heterocycles. The third-order valence-corrected chi connectivity index (χ3v) is 1.18. The predicted octanol–water partition coefficient (Wildman–Crippen LogP) is 0.723. The van der Waals surface area contributed by atoms with Gasteiger partial charge in [-0.2, -0.15) is 0 Å². The lowest BCUT2D eigenvalue weighted by Crippen LogP contribution is -2.24. The van der Waals surface area contributed by atoms with Crippen molar-refractivity contribution in [2.75, 3.05) is 13.2 Å². The maximum absolute atomic E-state index is 10.6. The number of hydrogen-bond acceptors (Lipinski definition) is 1. The van der Waals surface area contributed by atoms with Crippen molar-refractivity contribution >= 4 is 5.91 Å². The third-order valence-electron chi connectivity index (χ3n) is 1.18. The van der Waals surface area contributed by atoms with Crippen LogP contribution in [0.4, 0.5) is 0 Å². The largest absolute Gasteiger partial charge is 0.356 e. The molecule has 1 amide bonds. The first-order chi connectivity index (χ1) is 4.81. The highest BCUT2D eigenvalue weighted by molar-refractivity contribution is 5.75. The summed E-state index contributed by atoms with van der Waals surface area (Å²) >= 11 is 0. The van der Waals surface area contributed by atoms with E-state index in [1.165, 1.54) is 0 Å². The number of carbonyl (C=O) groups is 1. The lowest BCUT2D eigenvalue weighted by atomic mass is 10.3. The summed E-state index contributed by atoms with van der Waals surface area (Å²) in [6, 6.07) is 0. The molecule has 59 valence electrons. The maximum Gasteiger partial charge on any atom is 0.222 e. The molecule has 0 bridgehead atoms. The van der Waals surface area contributed by atoms with Crippen molar-refractivity contribution in [3.8, 4) is 0 Å². The second-order valence-electron chi connectivity index (χ2n) is 2.16. The normalized spacial score (nSPS) is 9.40. The summed E-state index contributed by atoms with van der Waals surface area (Å²) in [4.78, 5) is 10.6. The molecular weight excluding hydrogens is 130 g/mol. The second kappa shape index (κ2) is 6.55. The van der Waals surface area contributed by atoms with Gasteiger partial charge in [0.15, 0.2) is 0 Å². The van der Waals surface area contributed by atoms with Crippen LogP contribution in [0.15, 0.2) is 0 Å². The molecule has 0 aromatic heterocycles. The molecule has 0 aliphatic carbocycles. The van der Waals surface area contributed by atoms with E-state index in [1.54, 1.807) is 0 Å². The number of unbranched alkanes of at least 4 members (excludes halogenated alkanes) is 1. The van der Waals surface area contributed by atoms with E-state index in [0.717, 1.165) is 12.8 Å². The number of rotatable bonds is 5. The fourth-order valence-electron chi connectivity index (χ4n) is 0.586. The molecule has 3 heteroatoms. The van der Waals surface area contributed by atoms with E-state index in [9.17, 15) is 9.90 Å². The van der Waals surface area contributed by atoms with Crippen LogP contribution < -0.4 is 5.32 Å². The number of amides is 1. The Morgan fingerprint density at radius 2 is 2.20 bits per heavy atom. The van der Waals surface area contributed by atoms with Crippen LogP contribution >= 0.6 is 0 Å². The van der Waals surface area contributed by atoms with Gasteiger partial charge in [-0.15, -0.1) is 0 Å². The Morgan fingerprint density at radius 1 is 1.50 bits per heavy atom. The van der Waals surface area contributed by atoms with Crippen LogP contribution in [-0.4, -0.2) is 19.1 Å². The summed E-state index contributed by atoms with van der Waals surface area (Å²) in [6.07, 6.45) is 2.17. The molecule has 0 saturated heterocycles. The van der Waals surface area contributed by atoms with Gasteiger partial charge in [-0.05, 0) is 6.42 Å². The molecule has 0 aliphatic rings. The van der Waals surface area contributed by atoms with Gasteiger partial charge in [-0.3, -0.25) is 4.79 Å². The molecule has 10 heavy (non-hydrogen) atoms. The van der Waals surface area contributed by atoms with Gasteiger partial charge in [0, 0.05) is 6.54 Å². The van der Waals surface area contributed by atoms with Gasteiger partial charge < -0.3 is 5.32 Å². The average molecular weight is 144 g/mol. The second-order valence-corrected chi connectivity index (χ2v) is 2.16. The van der Waals surface area contributed by atoms with E-state index in [0.29, 0.717) is 6.54 Å². The van der Waals surface area contributed by atoms with E-state index < -0.39 is 0 Å². The fraction of sp³-hybridized carbons (Fsp3) is 0.857. The lowest BCUT2D eigenvalue weighted by molar-refractivity contribution is -0.122. The first-order valence-corrected chi connectivity index (χ1v) is 3.66. The van der Waals surface area contributed by atoms with Gasteiger partial charge in [0.1, 0.15) is 0 Å². The molecule has 0 fully saturated rings. The quantitative estimate of drug-likeness (QED) is 0.568. The summed E-state index contributed by atoms with van der Waals surface area (Å²) in [7, 11) is 0. The van der Waals surface area contributed by atoms with Crippen LogP contribution in [0.2, 0.25) is 0 Å². The maximum atomic E-state index is 10.6. The SMILES string of the molecule is CCCCNC(=O)CC[O]. The Kier molecular flexibility index (Phi) is 6.18. The molecule has 0 unspecified atom stereocenters. The number of nitrogens with one attached hydrogen (secondary N) is 1. The summed E-state index contributed by atoms with van der Waals surface area (Å²) in [6.45, 7) is 2.45. The monoisotopic (exact) mass is 144 g/mol. The Labute approximate surface area is 61.4 Å². The minimum Gasteiger partial charge on any atom is -0.356 e. The number of hydrogen-bond donors (Lipinski definition) is 1. The summed E-state index contributed by atoms with van der Waals surface area (Å²) in [5.41, 5.74) is 0. The van der Waals surface area contributed by atoms with Crippen molar-refractivity contribution in [2.45, 2.75) is 26.2 Å². The molecule has 0 saturated carbocycles. The topological polar surface area (TPSA) is 49.0 Å². The summed E-state index contributed by atoms with van der Waals surface area (Å²) in [5, 5.41) is 12.6. The van der Waals surface area contributed by atoms with Crippen LogP contribution in [0.3, 0.4) is 0 Å². The van der Waals surface area contributed by atoms with Crippen molar-refractivity contribution in [2.24, 2.45) is 0 Å². The molecule has 0 atom stereocenters. The van der Waals surface area contributed by atoms with Crippen molar-refractivity contribution in [3.05, 3.63) is 0 Å². The van der Waals surface area contributed by atoms with E-state index in [4.69, 9.17) is 0 Å². The van der Waals surface area contributed by atoms with Gasteiger partial charge >= 0.3 is 0 Å². The first kappa shape index (κ1) is 9.43. The predicted molar refractivity (Wildman–Crippen MR) is 38.1 cm³/mol. The van der Waals surface area contributed by atoms with Crippen molar-refractivity contribution in [3.63, 3.8) is 0 Å². The van der Waals surface area contributed by atoms with Gasteiger partial charge in [0.2, 0.25) is 5.91 Å². The minimum atomic E-state index is -0.308. The van der Waals surface area contributed by atoms with Crippen LogP contribution in [0.1, 0.15) is 26.2 Å². The van der Waals surface area contributed by atoms with Crippen molar-refractivity contribution < 1.29 is 9.90 Å². The highest BCUT2D eigenvalue weighted by Gasteiger charge is 1.96. The van der Waals surface area contributed by atoms with E-state index >= 15 is 0 Å².